The van der Waals surface area contributed by atoms with Gasteiger partial charge in [-0.1, -0.05) is 12.1 Å². The summed E-state index contributed by atoms with van der Waals surface area (Å²) in [6.07, 6.45) is -1.66. The number of amides is 1. The molecule has 2 N–H and O–H groups in total. The minimum absolute atomic E-state index is 0.108. The number of nitrogens with one attached hydrogen (secondary N) is 1. The van der Waals surface area contributed by atoms with Crippen molar-refractivity contribution in [2.24, 2.45) is 0 Å². The summed E-state index contributed by atoms with van der Waals surface area (Å²) in [5, 5.41) is 11.7. The Hall–Kier alpha value is -2.24. The molecule has 0 saturated carbocycles. The van der Waals surface area contributed by atoms with Crippen LogP contribution >= 0.6 is 0 Å². The summed E-state index contributed by atoms with van der Waals surface area (Å²) in [6.45, 7) is 1.90. The number of hydrogen-bond donors (Lipinski definition) is 2. The van der Waals surface area contributed by atoms with E-state index in [0.717, 1.165) is 0 Å². The van der Waals surface area contributed by atoms with Crippen LogP contribution in [0.5, 0.6) is 5.75 Å². The molecular weight excluding hydrogens is 238 g/mol. The Kier molecular flexibility index (Phi) is 3.36. The van der Waals surface area contributed by atoms with E-state index in [2.05, 4.69) is 5.32 Å². The molecule has 96 valence electrons. The lowest BCUT2D eigenvalue weighted by atomic mass is 10.0. The summed E-state index contributed by atoms with van der Waals surface area (Å²) in [4.78, 5) is 22.9. The molecule has 6 heteroatoms. The lowest BCUT2D eigenvalue weighted by molar-refractivity contribution is -0.152. The number of esters is 1. The van der Waals surface area contributed by atoms with Crippen molar-refractivity contribution in [3.63, 3.8) is 0 Å². The van der Waals surface area contributed by atoms with Gasteiger partial charge in [0.2, 0.25) is 6.10 Å². The molecule has 2 rings (SSSR count). The van der Waals surface area contributed by atoms with Crippen molar-refractivity contribution in [1.82, 2.24) is 5.32 Å². The maximum atomic E-state index is 11.7. The van der Waals surface area contributed by atoms with Crippen LogP contribution in [0.2, 0.25) is 0 Å². The summed E-state index contributed by atoms with van der Waals surface area (Å²) in [5.74, 6) is -0.481. The van der Waals surface area contributed by atoms with Gasteiger partial charge in [0.15, 0.2) is 0 Å². The Morgan fingerprint density at radius 1 is 1.44 bits per heavy atom. The molecular formula is C12H13NO5. The third-order valence-electron chi connectivity index (χ3n) is 2.58. The average molecular weight is 251 g/mol. The number of aromatic hydroxyl groups is 1. The van der Waals surface area contributed by atoms with Crippen molar-refractivity contribution >= 4 is 12.1 Å². The number of benzene rings is 1. The highest BCUT2D eigenvalue weighted by molar-refractivity contribution is 5.83. The van der Waals surface area contributed by atoms with Gasteiger partial charge in [-0.2, -0.15) is 0 Å². The SMILES string of the molecule is CCOC(=O)[C@H]1OC(=O)N[C@@H]1c1ccc(O)cc1. The lowest BCUT2D eigenvalue weighted by Gasteiger charge is -2.15. The number of carbonyl (C=O) groups is 2. The van der Waals surface area contributed by atoms with Crippen LogP contribution < -0.4 is 5.32 Å². The van der Waals surface area contributed by atoms with Crippen LogP contribution in [0.25, 0.3) is 0 Å². The first-order chi connectivity index (χ1) is 8.61. The van der Waals surface area contributed by atoms with Crippen LogP contribution in [-0.4, -0.2) is 29.9 Å². The van der Waals surface area contributed by atoms with Crippen LogP contribution in [-0.2, 0) is 14.3 Å². The summed E-state index contributed by atoms with van der Waals surface area (Å²) in [5.41, 5.74) is 0.664. The standard InChI is InChI=1S/C12H13NO5/c1-2-17-11(15)10-9(13-12(16)18-10)7-3-5-8(14)6-4-7/h3-6,9-10,14H,2H2,1H3,(H,13,16)/t9-,10+/m1/s1. The van der Waals surface area contributed by atoms with Crippen LogP contribution in [0, 0.1) is 0 Å². The van der Waals surface area contributed by atoms with Crippen molar-refractivity contribution in [3.05, 3.63) is 29.8 Å². The van der Waals surface area contributed by atoms with Crippen LogP contribution in [0.4, 0.5) is 4.79 Å². The molecule has 0 aromatic heterocycles. The van der Waals surface area contributed by atoms with E-state index in [0.29, 0.717) is 5.56 Å². The molecule has 0 bridgehead atoms. The normalized spacial score (nSPS) is 22.2. The van der Waals surface area contributed by atoms with Crippen molar-refractivity contribution in [1.29, 1.82) is 0 Å². The van der Waals surface area contributed by atoms with E-state index in [9.17, 15) is 14.7 Å². The quantitative estimate of drug-likeness (QED) is 0.786. The van der Waals surface area contributed by atoms with Gasteiger partial charge >= 0.3 is 12.1 Å². The van der Waals surface area contributed by atoms with E-state index in [-0.39, 0.29) is 12.4 Å². The van der Waals surface area contributed by atoms with Crippen molar-refractivity contribution in [2.75, 3.05) is 6.61 Å². The summed E-state index contributed by atoms with van der Waals surface area (Å²) in [6, 6.07) is 5.57. The Balaban J connectivity index is 2.21. The van der Waals surface area contributed by atoms with E-state index in [1.54, 1.807) is 19.1 Å². The summed E-state index contributed by atoms with van der Waals surface area (Å²) < 4.78 is 9.73. The maximum Gasteiger partial charge on any atom is 0.408 e. The van der Waals surface area contributed by atoms with Crippen LogP contribution in [0.1, 0.15) is 18.5 Å². The second-order valence-corrected chi connectivity index (χ2v) is 3.79. The zero-order valence-corrected chi connectivity index (χ0v) is 9.75. The minimum atomic E-state index is -0.998. The van der Waals surface area contributed by atoms with E-state index in [1.165, 1.54) is 12.1 Å². The van der Waals surface area contributed by atoms with E-state index in [1.807, 2.05) is 0 Å². The largest absolute Gasteiger partial charge is 0.508 e. The van der Waals surface area contributed by atoms with E-state index in [4.69, 9.17) is 9.47 Å². The highest BCUT2D eigenvalue weighted by Crippen LogP contribution is 2.26. The minimum Gasteiger partial charge on any atom is -0.508 e. The molecule has 1 amide bonds. The van der Waals surface area contributed by atoms with Gasteiger partial charge in [-0.25, -0.2) is 9.59 Å². The lowest BCUT2D eigenvalue weighted by Crippen LogP contribution is -2.30. The third kappa shape index (κ3) is 2.37. The molecule has 1 saturated heterocycles. The number of carbonyl (C=O) groups excluding carboxylic acids is 2. The van der Waals surface area contributed by atoms with Gasteiger partial charge in [-0.05, 0) is 24.6 Å². The predicted octanol–water partition coefficient (Wildman–Crippen LogP) is 1.10. The second-order valence-electron chi connectivity index (χ2n) is 3.79. The first-order valence-corrected chi connectivity index (χ1v) is 5.54. The van der Waals surface area contributed by atoms with Crippen LogP contribution in [0.3, 0.4) is 0 Å². The first kappa shape index (κ1) is 12.2. The zero-order chi connectivity index (χ0) is 13.1. The van der Waals surface area contributed by atoms with Crippen molar-refractivity contribution in [2.45, 2.75) is 19.1 Å². The van der Waals surface area contributed by atoms with Gasteiger partial charge in [0.1, 0.15) is 11.8 Å². The molecule has 1 aliphatic rings. The molecule has 0 unspecified atom stereocenters. The molecule has 6 nitrogen and oxygen atoms in total. The fourth-order valence-corrected chi connectivity index (χ4v) is 1.77. The van der Waals surface area contributed by atoms with Gasteiger partial charge in [0.25, 0.3) is 0 Å². The number of cyclic esters (lactones) is 1. The van der Waals surface area contributed by atoms with E-state index >= 15 is 0 Å². The molecule has 1 fully saturated rings. The molecule has 1 aromatic carbocycles. The molecule has 0 spiro atoms. The molecule has 0 aliphatic carbocycles. The molecule has 18 heavy (non-hydrogen) atoms. The number of ether oxygens (including phenoxy) is 2. The number of hydrogen-bond acceptors (Lipinski definition) is 5. The van der Waals surface area contributed by atoms with Crippen LogP contribution in [0.15, 0.2) is 24.3 Å². The Labute approximate surface area is 104 Å². The van der Waals surface area contributed by atoms with Gasteiger partial charge in [-0.3, -0.25) is 0 Å². The topological polar surface area (TPSA) is 84.9 Å². The molecule has 2 atom stereocenters. The van der Waals surface area contributed by atoms with Gasteiger partial charge < -0.3 is 19.9 Å². The second kappa shape index (κ2) is 4.95. The molecule has 1 heterocycles. The molecule has 0 radical (unpaired) electrons. The number of alkyl carbamates (subject to hydrolysis) is 1. The highest BCUT2D eigenvalue weighted by Gasteiger charge is 2.41. The fraction of sp³-hybridized carbons (Fsp3) is 0.333. The smallest absolute Gasteiger partial charge is 0.408 e. The Bertz CT molecular complexity index is 456. The van der Waals surface area contributed by atoms with Gasteiger partial charge in [0, 0.05) is 0 Å². The van der Waals surface area contributed by atoms with Crippen molar-refractivity contribution < 1.29 is 24.2 Å². The number of rotatable bonds is 3. The number of phenolic OH excluding ortho intramolecular Hbond substituents is 1. The third-order valence-corrected chi connectivity index (χ3v) is 2.58. The monoisotopic (exact) mass is 251 g/mol. The van der Waals surface area contributed by atoms with E-state index < -0.39 is 24.2 Å². The Morgan fingerprint density at radius 3 is 2.72 bits per heavy atom. The zero-order valence-electron chi connectivity index (χ0n) is 9.75. The Morgan fingerprint density at radius 2 is 2.11 bits per heavy atom. The summed E-state index contributed by atoms with van der Waals surface area (Å²) in [7, 11) is 0. The van der Waals surface area contributed by atoms with Crippen molar-refractivity contribution in [3.8, 4) is 5.75 Å². The maximum absolute atomic E-state index is 11.7. The van der Waals surface area contributed by atoms with Gasteiger partial charge in [-0.15, -0.1) is 0 Å². The average Bonchev–Trinajstić information content (AvgIpc) is 2.73. The predicted molar refractivity (Wildman–Crippen MR) is 60.9 cm³/mol. The number of phenols is 1. The molecule has 1 aromatic rings. The molecule has 1 aliphatic heterocycles. The summed E-state index contributed by atoms with van der Waals surface area (Å²) >= 11 is 0. The van der Waals surface area contributed by atoms with Gasteiger partial charge in [0.05, 0.1) is 6.61 Å². The highest BCUT2D eigenvalue weighted by atomic mass is 16.6. The first-order valence-electron chi connectivity index (χ1n) is 5.54. The fourth-order valence-electron chi connectivity index (χ4n) is 1.77.